The van der Waals surface area contributed by atoms with Gasteiger partial charge in [-0.05, 0) is 39.0 Å². The summed E-state index contributed by atoms with van der Waals surface area (Å²) in [7, 11) is 0. The number of esters is 1. The van der Waals surface area contributed by atoms with E-state index in [-0.39, 0.29) is 18.6 Å². The minimum atomic E-state index is -0.548. The van der Waals surface area contributed by atoms with Crippen LogP contribution in [0.1, 0.15) is 31.1 Å². The number of hydrogen-bond donors (Lipinski definition) is 3. The average Bonchev–Trinajstić information content (AvgIpc) is 2.86. The number of rotatable bonds is 4. The van der Waals surface area contributed by atoms with Crippen LogP contribution >= 0.6 is 0 Å². The van der Waals surface area contributed by atoms with Crippen LogP contribution in [0.5, 0.6) is 0 Å². The first-order valence-corrected chi connectivity index (χ1v) is 7.38. The lowest BCUT2D eigenvalue weighted by molar-refractivity contribution is 0.00696. The summed E-state index contributed by atoms with van der Waals surface area (Å²) in [6, 6.07) is 4.96. The highest BCUT2D eigenvalue weighted by Gasteiger charge is 2.28. The quantitative estimate of drug-likeness (QED) is 0.578. The molecular weight excluding hydrogens is 284 g/mol. The fraction of sp³-hybridized carbons (Fsp3) is 0.562. The van der Waals surface area contributed by atoms with Crippen molar-refractivity contribution in [3.8, 4) is 0 Å². The molecule has 0 bridgehead atoms. The van der Waals surface area contributed by atoms with E-state index in [4.69, 9.17) is 15.2 Å². The first-order valence-electron chi connectivity index (χ1n) is 7.38. The summed E-state index contributed by atoms with van der Waals surface area (Å²) in [6.07, 6.45) is 0. The lowest BCUT2D eigenvalue weighted by atomic mass is 10.0. The fourth-order valence-corrected chi connectivity index (χ4v) is 2.28. The van der Waals surface area contributed by atoms with Gasteiger partial charge in [0.1, 0.15) is 5.60 Å². The summed E-state index contributed by atoms with van der Waals surface area (Å²) in [4.78, 5) is 12.1. The van der Waals surface area contributed by atoms with Gasteiger partial charge in [-0.2, -0.15) is 0 Å². The molecule has 6 nitrogen and oxygen atoms in total. The third-order valence-corrected chi connectivity index (χ3v) is 3.46. The predicted octanol–water partition coefficient (Wildman–Crippen LogP) is 1.64. The number of ether oxygens (including phenoxy) is 2. The SMILES string of the molecule is CC(C)(C)OC(=O)c1ccc(N)c(N[C@@H]2COC[C@H]2CO)c1. The summed E-state index contributed by atoms with van der Waals surface area (Å²) in [5.74, 6) is -0.374. The third kappa shape index (κ3) is 4.11. The summed E-state index contributed by atoms with van der Waals surface area (Å²) in [6.45, 7) is 6.53. The van der Waals surface area contributed by atoms with Crippen molar-refractivity contribution in [2.24, 2.45) is 5.92 Å². The number of nitrogens with one attached hydrogen (secondary N) is 1. The number of benzene rings is 1. The van der Waals surface area contributed by atoms with Crippen LogP contribution in [-0.2, 0) is 9.47 Å². The zero-order valence-electron chi connectivity index (χ0n) is 13.3. The monoisotopic (exact) mass is 308 g/mol. The van der Waals surface area contributed by atoms with Gasteiger partial charge >= 0.3 is 5.97 Å². The van der Waals surface area contributed by atoms with Gasteiger partial charge in [-0.15, -0.1) is 0 Å². The molecule has 1 aliphatic rings. The Morgan fingerprint density at radius 3 is 2.82 bits per heavy atom. The number of anilines is 2. The zero-order valence-corrected chi connectivity index (χ0v) is 13.3. The topological polar surface area (TPSA) is 93.8 Å². The molecule has 0 saturated carbocycles. The van der Waals surface area contributed by atoms with E-state index in [1.54, 1.807) is 18.2 Å². The highest BCUT2D eigenvalue weighted by atomic mass is 16.6. The number of aliphatic hydroxyl groups is 1. The Morgan fingerprint density at radius 2 is 2.18 bits per heavy atom. The Hall–Kier alpha value is -1.79. The number of aliphatic hydroxyl groups excluding tert-OH is 1. The van der Waals surface area contributed by atoms with Crippen molar-refractivity contribution >= 4 is 17.3 Å². The van der Waals surface area contributed by atoms with Gasteiger partial charge in [0.15, 0.2) is 0 Å². The van der Waals surface area contributed by atoms with Crippen LogP contribution in [-0.4, -0.2) is 42.5 Å². The van der Waals surface area contributed by atoms with Crippen molar-refractivity contribution in [2.75, 3.05) is 30.9 Å². The molecule has 1 heterocycles. The molecular formula is C16H24N2O4. The minimum Gasteiger partial charge on any atom is -0.456 e. The van der Waals surface area contributed by atoms with E-state index < -0.39 is 11.6 Å². The predicted molar refractivity (Wildman–Crippen MR) is 84.8 cm³/mol. The molecule has 1 aromatic rings. The molecule has 4 N–H and O–H groups in total. The van der Waals surface area contributed by atoms with Crippen LogP contribution in [0.2, 0.25) is 0 Å². The molecule has 0 aliphatic carbocycles. The number of hydrogen-bond acceptors (Lipinski definition) is 6. The lowest BCUT2D eigenvalue weighted by Crippen LogP contribution is -2.30. The van der Waals surface area contributed by atoms with E-state index in [9.17, 15) is 9.90 Å². The van der Waals surface area contributed by atoms with Gasteiger partial charge in [-0.3, -0.25) is 0 Å². The van der Waals surface area contributed by atoms with E-state index in [2.05, 4.69) is 5.32 Å². The Labute approximate surface area is 130 Å². The molecule has 1 aromatic carbocycles. The maximum atomic E-state index is 12.1. The van der Waals surface area contributed by atoms with Gasteiger partial charge in [-0.25, -0.2) is 4.79 Å². The average molecular weight is 308 g/mol. The first-order chi connectivity index (χ1) is 10.3. The van der Waals surface area contributed by atoms with E-state index in [1.165, 1.54) is 0 Å². The minimum absolute atomic E-state index is 0.0181. The molecule has 22 heavy (non-hydrogen) atoms. The molecule has 0 amide bonds. The molecule has 2 rings (SSSR count). The van der Waals surface area contributed by atoms with Gasteiger partial charge < -0.3 is 25.6 Å². The number of nitrogen functional groups attached to an aromatic ring is 1. The van der Waals surface area contributed by atoms with E-state index in [1.807, 2.05) is 20.8 Å². The van der Waals surface area contributed by atoms with Crippen molar-refractivity contribution in [1.29, 1.82) is 0 Å². The molecule has 2 atom stereocenters. The maximum absolute atomic E-state index is 12.1. The number of carbonyl (C=O) groups is 1. The van der Waals surface area contributed by atoms with Crippen LogP contribution in [0, 0.1) is 5.92 Å². The molecule has 6 heteroatoms. The van der Waals surface area contributed by atoms with Crippen LogP contribution in [0.15, 0.2) is 18.2 Å². The second kappa shape index (κ2) is 6.54. The van der Waals surface area contributed by atoms with Gasteiger partial charge in [0.25, 0.3) is 0 Å². The third-order valence-electron chi connectivity index (χ3n) is 3.46. The second-order valence-electron chi connectivity index (χ2n) is 6.53. The number of nitrogens with two attached hydrogens (primary N) is 1. The molecule has 0 spiro atoms. The highest BCUT2D eigenvalue weighted by Crippen LogP contribution is 2.25. The summed E-state index contributed by atoms with van der Waals surface area (Å²) in [5.41, 5.74) is 7.04. The van der Waals surface area contributed by atoms with Crippen LogP contribution in [0.3, 0.4) is 0 Å². The van der Waals surface area contributed by atoms with Crippen LogP contribution < -0.4 is 11.1 Å². The summed E-state index contributed by atoms with van der Waals surface area (Å²) in [5, 5.41) is 12.6. The largest absolute Gasteiger partial charge is 0.456 e. The van der Waals surface area contributed by atoms with Crippen molar-refractivity contribution in [1.82, 2.24) is 0 Å². The Balaban J connectivity index is 2.15. The molecule has 1 aliphatic heterocycles. The normalized spacial score (nSPS) is 21.6. The Morgan fingerprint density at radius 1 is 1.45 bits per heavy atom. The molecule has 122 valence electrons. The molecule has 0 unspecified atom stereocenters. The van der Waals surface area contributed by atoms with E-state index in [0.29, 0.717) is 30.2 Å². The van der Waals surface area contributed by atoms with E-state index >= 15 is 0 Å². The fourth-order valence-electron chi connectivity index (χ4n) is 2.28. The highest BCUT2D eigenvalue weighted by molar-refractivity contribution is 5.92. The van der Waals surface area contributed by atoms with Crippen molar-refractivity contribution < 1.29 is 19.4 Å². The smallest absolute Gasteiger partial charge is 0.338 e. The molecule has 1 fully saturated rings. The van der Waals surface area contributed by atoms with Gasteiger partial charge in [-0.1, -0.05) is 0 Å². The molecule has 0 aromatic heterocycles. The lowest BCUT2D eigenvalue weighted by Gasteiger charge is -2.22. The summed E-state index contributed by atoms with van der Waals surface area (Å²) < 4.78 is 10.7. The van der Waals surface area contributed by atoms with Gasteiger partial charge in [0.2, 0.25) is 0 Å². The maximum Gasteiger partial charge on any atom is 0.338 e. The molecule has 1 saturated heterocycles. The van der Waals surface area contributed by atoms with Crippen molar-refractivity contribution in [2.45, 2.75) is 32.4 Å². The number of carbonyl (C=O) groups excluding carboxylic acids is 1. The summed E-state index contributed by atoms with van der Waals surface area (Å²) >= 11 is 0. The van der Waals surface area contributed by atoms with Gasteiger partial charge in [0, 0.05) is 5.92 Å². The van der Waals surface area contributed by atoms with Crippen LogP contribution in [0.4, 0.5) is 11.4 Å². The Bertz CT molecular complexity index is 539. The molecule has 0 radical (unpaired) electrons. The standard InChI is InChI=1S/C16H24N2O4/c1-16(2,3)22-15(20)10-4-5-12(17)13(6-10)18-14-9-21-8-11(14)7-19/h4-6,11,14,18-19H,7-9,17H2,1-3H3/t11-,14-/m1/s1. The van der Waals surface area contributed by atoms with Crippen LogP contribution in [0.25, 0.3) is 0 Å². The van der Waals surface area contributed by atoms with E-state index in [0.717, 1.165) is 0 Å². The zero-order chi connectivity index (χ0) is 16.3. The van der Waals surface area contributed by atoms with Gasteiger partial charge in [0.05, 0.1) is 42.8 Å². The second-order valence-corrected chi connectivity index (χ2v) is 6.53. The van der Waals surface area contributed by atoms with Crippen molar-refractivity contribution in [3.63, 3.8) is 0 Å². The van der Waals surface area contributed by atoms with Crippen molar-refractivity contribution in [3.05, 3.63) is 23.8 Å². The first kappa shape index (κ1) is 16.6. The Kier molecular flexibility index (Phi) is 4.93.